The van der Waals surface area contributed by atoms with Crippen molar-refractivity contribution in [1.82, 2.24) is 4.68 Å². The Morgan fingerprint density at radius 2 is 1.94 bits per heavy atom. The first-order valence-electron chi connectivity index (χ1n) is 5.73. The highest BCUT2D eigenvalue weighted by Gasteiger charge is 2.16. The first kappa shape index (κ1) is 10.2. The molecular formula is C13H13N3O. The smallest absolute Gasteiger partial charge is 0.147 e. The maximum absolute atomic E-state index is 9.31. The number of fused-ring (bicyclic) bond motifs is 1. The molecule has 86 valence electrons. The van der Waals surface area contributed by atoms with Crippen LogP contribution >= 0.6 is 0 Å². The summed E-state index contributed by atoms with van der Waals surface area (Å²) >= 11 is 0. The van der Waals surface area contributed by atoms with Gasteiger partial charge < -0.3 is 9.75 Å². The lowest BCUT2D eigenvalue weighted by atomic mass is 10.2. The Balaban J connectivity index is 2.12. The maximum Gasteiger partial charge on any atom is 0.147 e. The lowest BCUT2D eigenvalue weighted by molar-refractivity contribution is 0.111. The number of ether oxygens (including phenoxy) is 1. The number of rotatable bonds is 1. The van der Waals surface area contributed by atoms with Crippen molar-refractivity contribution in [1.29, 1.82) is 5.26 Å². The fourth-order valence-corrected chi connectivity index (χ4v) is 2.25. The van der Waals surface area contributed by atoms with Gasteiger partial charge in [-0.15, -0.1) is 0 Å². The van der Waals surface area contributed by atoms with Crippen LogP contribution in [0, 0.1) is 11.3 Å². The van der Waals surface area contributed by atoms with E-state index in [-0.39, 0.29) is 0 Å². The first-order chi connectivity index (χ1) is 8.40. The largest absolute Gasteiger partial charge is 0.378 e. The number of morpholine rings is 1. The van der Waals surface area contributed by atoms with Gasteiger partial charge in [0.2, 0.25) is 0 Å². The lowest BCUT2D eigenvalue weighted by Crippen LogP contribution is -2.44. The summed E-state index contributed by atoms with van der Waals surface area (Å²) in [7, 11) is 0. The quantitative estimate of drug-likeness (QED) is 0.741. The third-order valence-corrected chi connectivity index (χ3v) is 3.10. The predicted molar refractivity (Wildman–Crippen MR) is 65.4 cm³/mol. The molecule has 1 aliphatic heterocycles. The number of hydrogen-bond acceptors (Lipinski definition) is 3. The SMILES string of the molecule is N#Cc1c2ccccc2cn1N1CCOCC1. The van der Waals surface area contributed by atoms with Crippen LogP contribution in [-0.2, 0) is 4.74 Å². The molecule has 4 nitrogen and oxygen atoms in total. The average molecular weight is 227 g/mol. The van der Waals surface area contributed by atoms with E-state index in [4.69, 9.17) is 4.74 Å². The van der Waals surface area contributed by atoms with Crippen LogP contribution in [0.25, 0.3) is 10.8 Å². The summed E-state index contributed by atoms with van der Waals surface area (Å²) in [4.78, 5) is 0. The molecule has 0 aliphatic carbocycles. The van der Waals surface area contributed by atoms with Crippen molar-refractivity contribution in [2.24, 2.45) is 0 Å². The molecule has 4 heteroatoms. The number of benzene rings is 1. The highest BCUT2D eigenvalue weighted by molar-refractivity contribution is 5.87. The molecular weight excluding hydrogens is 214 g/mol. The van der Waals surface area contributed by atoms with Crippen molar-refractivity contribution in [3.8, 4) is 6.07 Å². The number of hydrogen-bond donors (Lipinski definition) is 0. The van der Waals surface area contributed by atoms with Crippen molar-refractivity contribution >= 4 is 10.8 Å². The molecule has 3 rings (SSSR count). The number of nitriles is 1. The van der Waals surface area contributed by atoms with Crippen molar-refractivity contribution < 1.29 is 4.74 Å². The van der Waals surface area contributed by atoms with Crippen LogP contribution in [0.5, 0.6) is 0 Å². The monoisotopic (exact) mass is 227 g/mol. The molecule has 1 fully saturated rings. The molecule has 0 N–H and O–H groups in total. The Hall–Kier alpha value is -1.99. The van der Waals surface area contributed by atoms with Gasteiger partial charge in [0.25, 0.3) is 0 Å². The number of aromatic nitrogens is 1. The zero-order valence-electron chi connectivity index (χ0n) is 9.47. The van der Waals surface area contributed by atoms with Gasteiger partial charge in [0.05, 0.1) is 26.3 Å². The molecule has 2 heterocycles. The molecule has 1 saturated heterocycles. The topological polar surface area (TPSA) is 41.2 Å². The minimum atomic E-state index is 0.711. The van der Waals surface area contributed by atoms with Crippen LogP contribution < -0.4 is 5.01 Å². The normalized spacial score (nSPS) is 16.1. The predicted octanol–water partition coefficient (Wildman–Crippen LogP) is 1.48. The summed E-state index contributed by atoms with van der Waals surface area (Å²) in [5, 5.41) is 13.6. The Morgan fingerprint density at radius 3 is 2.71 bits per heavy atom. The van der Waals surface area contributed by atoms with Crippen LogP contribution in [0.2, 0.25) is 0 Å². The van der Waals surface area contributed by atoms with E-state index in [1.807, 2.05) is 35.1 Å². The molecule has 1 aliphatic rings. The van der Waals surface area contributed by atoms with Gasteiger partial charge in [0, 0.05) is 17.0 Å². The molecule has 0 spiro atoms. The van der Waals surface area contributed by atoms with Gasteiger partial charge >= 0.3 is 0 Å². The highest BCUT2D eigenvalue weighted by atomic mass is 16.5. The zero-order valence-corrected chi connectivity index (χ0v) is 9.47. The third kappa shape index (κ3) is 1.65. The molecule has 0 radical (unpaired) electrons. The molecule has 0 amide bonds. The Labute approximate surface area is 99.6 Å². The van der Waals surface area contributed by atoms with Gasteiger partial charge in [0.15, 0.2) is 0 Å². The average Bonchev–Trinajstić information content (AvgIpc) is 2.78. The van der Waals surface area contributed by atoms with E-state index in [2.05, 4.69) is 11.1 Å². The van der Waals surface area contributed by atoms with E-state index >= 15 is 0 Å². The van der Waals surface area contributed by atoms with Gasteiger partial charge in [-0.1, -0.05) is 24.3 Å². The van der Waals surface area contributed by atoms with E-state index in [0.29, 0.717) is 5.69 Å². The van der Waals surface area contributed by atoms with Crippen LogP contribution in [0.15, 0.2) is 30.5 Å². The molecule has 0 saturated carbocycles. The Bertz CT molecular complexity index is 576. The minimum Gasteiger partial charge on any atom is -0.378 e. The Kier molecular flexibility index (Phi) is 2.46. The number of nitrogens with zero attached hydrogens (tertiary/aromatic N) is 3. The van der Waals surface area contributed by atoms with Crippen LogP contribution in [-0.4, -0.2) is 31.0 Å². The molecule has 1 aromatic heterocycles. The Morgan fingerprint density at radius 1 is 1.18 bits per heavy atom. The summed E-state index contributed by atoms with van der Waals surface area (Å²) in [6.45, 7) is 3.10. The van der Waals surface area contributed by atoms with Crippen molar-refractivity contribution in [3.05, 3.63) is 36.2 Å². The van der Waals surface area contributed by atoms with E-state index < -0.39 is 0 Å². The lowest BCUT2D eigenvalue weighted by Gasteiger charge is -2.30. The van der Waals surface area contributed by atoms with Crippen LogP contribution in [0.4, 0.5) is 0 Å². The second-order valence-electron chi connectivity index (χ2n) is 4.09. The fourth-order valence-electron chi connectivity index (χ4n) is 2.25. The maximum atomic E-state index is 9.31. The summed E-state index contributed by atoms with van der Waals surface area (Å²) < 4.78 is 7.30. The molecule has 17 heavy (non-hydrogen) atoms. The van der Waals surface area contributed by atoms with E-state index in [9.17, 15) is 5.26 Å². The van der Waals surface area contributed by atoms with Gasteiger partial charge in [0.1, 0.15) is 11.8 Å². The van der Waals surface area contributed by atoms with E-state index in [1.54, 1.807) is 0 Å². The molecule has 0 bridgehead atoms. The molecule has 2 aromatic rings. The fraction of sp³-hybridized carbons (Fsp3) is 0.308. The summed E-state index contributed by atoms with van der Waals surface area (Å²) in [6.07, 6.45) is 2.03. The van der Waals surface area contributed by atoms with Crippen molar-refractivity contribution in [2.45, 2.75) is 0 Å². The second kappa shape index (κ2) is 4.11. The highest BCUT2D eigenvalue weighted by Crippen LogP contribution is 2.21. The van der Waals surface area contributed by atoms with Crippen molar-refractivity contribution in [2.75, 3.05) is 31.3 Å². The third-order valence-electron chi connectivity index (χ3n) is 3.10. The van der Waals surface area contributed by atoms with Gasteiger partial charge in [-0.05, 0) is 0 Å². The van der Waals surface area contributed by atoms with Gasteiger partial charge in [-0.2, -0.15) is 5.26 Å². The summed E-state index contributed by atoms with van der Waals surface area (Å²) in [5.41, 5.74) is 0.711. The standard InChI is InChI=1S/C13H13N3O/c14-9-13-12-4-2-1-3-11(12)10-16(13)15-5-7-17-8-6-15/h1-4,10H,5-8H2. The molecule has 0 atom stereocenters. The molecule has 0 unspecified atom stereocenters. The molecule has 1 aromatic carbocycles. The summed E-state index contributed by atoms with van der Waals surface area (Å²) in [5.74, 6) is 0. The first-order valence-corrected chi connectivity index (χ1v) is 5.73. The summed E-state index contributed by atoms with van der Waals surface area (Å²) in [6, 6.07) is 10.3. The van der Waals surface area contributed by atoms with Crippen LogP contribution in [0.1, 0.15) is 5.69 Å². The van der Waals surface area contributed by atoms with Crippen molar-refractivity contribution in [3.63, 3.8) is 0 Å². The van der Waals surface area contributed by atoms with E-state index in [0.717, 1.165) is 37.1 Å². The van der Waals surface area contributed by atoms with Gasteiger partial charge in [-0.3, -0.25) is 4.68 Å². The zero-order chi connectivity index (χ0) is 11.7. The minimum absolute atomic E-state index is 0.711. The van der Waals surface area contributed by atoms with Crippen LogP contribution in [0.3, 0.4) is 0 Å². The van der Waals surface area contributed by atoms with E-state index in [1.165, 1.54) is 0 Å². The second-order valence-corrected chi connectivity index (χ2v) is 4.09. The van der Waals surface area contributed by atoms with Gasteiger partial charge in [-0.25, -0.2) is 0 Å².